The number of nitrogens with zero attached hydrogens (tertiary/aromatic N) is 2. The van der Waals surface area contributed by atoms with Crippen LogP contribution in [-0.2, 0) is 4.79 Å². The fourth-order valence-corrected chi connectivity index (χ4v) is 7.73. The van der Waals surface area contributed by atoms with Crippen molar-refractivity contribution in [3.63, 3.8) is 0 Å². The summed E-state index contributed by atoms with van der Waals surface area (Å²) in [4.78, 5) is 18.4. The van der Waals surface area contributed by atoms with Crippen LogP contribution in [0.3, 0.4) is 0 Å². The van der Waals surface area contributed by atoms with E-state index >= 15 is 0 Å². The van der Waals surface area contributed by atoms with Crippen LogP contribution in [0.2, 0.25) is 0 Å². The predicted octanol–water partition coefficient (Wildman–Crippen LogP) is 1.79. The lowest BCUT2D eigenvalue weighted by Crippen LogP contribution is -2.63. The summed E-state index contributed by atoms with van der Waals surface area (Å²) in [5.74, 6) is 0.441. The normalized spacial score (nSPS) is 38.8. The Labute approximate surface area is 240 Å². The SMILES string of the molecule is CC1NC(C2CCC(CCCCCC(O)(CNC3(C)CCNC(N)C3)CC(=O)O)CC2)C(N2CC=NC2)CC1O. The van der Waals surface area contributed by atoms with Crippen LogP contribution in [0.5, 0.6) is 0 Å². The monoisotopic (exact) mass is 564 g/mol. The van der Waals surface area contributed by atoms with Crippen LogP contribution in [0.1, 0.15) is 97.3 Å². The van der Waals surface area contributed by atoms with E-state index in [1.54, 1.807) is 0 Å². The van der Waals surface area contributed by atoms with Crippen LogP contribution in [0.25, 0.3) is 0 Å². The third kappa shape index (κ3) is 8.93. The summed E-state index contributed by atoms with van der Waals surface area (Å²) in [6, 6.07) is 0.908. The summed E-state index contributed by atoms with van der Waals surface area (Å²) < 4.78 is 0. The molecule has 3 fully saturated rings. The van der Waals surface area contributed by atoms with E-state index in [0.717, 1.165) is 64.2 Å². The van der Waals surface area contributed by atoms with E-state index in [9.17, 15) is 20.1 Å². The van der Waals surface area contributed by atoms with Crippen LogP contribution in [0.4, 0.5) is 0 Å². The molecule has 4 rings (SSSR count). The highest BCUT2D eigenvalue weighted by molar-refractivity contribution is 5.68. The Bertz CT molecular complexity index is 831. The second-order valence-electron chi connectivity index (χ2n) is 13.7. The van der Waals surface area contributed by atoms with Crippen molar-refractivity contribution < 1.29 is 20.1 Å². The topological polar surface area (TPSA) is 155 Å². The lowest BCUT2D eigenvalue weighted by atomic mass is 9.72. The average Bonchev–Trinajstić information content (AvgIpc) is 3.44. The number of unbranched alkanes of at least 4 members (excludes halogenated alkanes) is 2. The Kier molecular flexibility index (Phi) is 11.4. The molecule has 40 heavy (non-hydrogen) atoms. The summed E-state index contributed by atoms with van der Waals surface area (Å²) in [5, 5.41) is 41.6. The first-order valence-electron chi connectivity index (χ1n) is 15.9. The summed E-state index contributed by atoms with van der Waals surface area (Å²) in [6.07, 6.45) is 13.5. The maximum atomic E-state index is 11.5. The number of aliphatic hydroxyl groups excluding tert-OH is 1. The van der Waals surface area contributed by atoms with Crippen molar-refractivity contribution in [3.05, 3.63) is 0 Å². The number of aliphatic hydroxyl groups is 2. The van der Waals surface area contributed by atoms with Gasteiger partial charge in [-0.05, 0) is 70.8 Å². The molecule has 3 aliphatic heterocycles. The molecular weight excluding hydrogens is 508 g/mol. The first kappa shape index (κ1) is 31.8. The number of piperidine rings is 2. The van der Waals surface area contributed by atoms with Crippen molar-refractivity contribution in [1.82, 2.24) is 20.9 Å². The number of carboxylic acids is 1. The number of carboxylic acid groups (broad SMARTS) is 1. The number of nitrogens with one attached hydrogen (secondary N) is 3. The van der Waals surface area contributed by atoms with Gasteiger partial charge in [0.1, 0.15) is 0 Å². The number of aliphatic carboxylic acids is 1. The summed E-state index contributed by atoms with van der Waals surface area (Å²) in [6.45, 7) is 6.96. The molecule has 8 N–H and O–H groups in total. The smallest absolute Gasteiger partial charge is 0.306 e. The third-order valence-corrected chi connectivity index (χ3v) is 10.3. The molecule has 10 nitrogen and oxygen atoms in total. The van der Waals surface area contributed by atoms with Crippen molar-refractivity contribution >= 4 is 12.2 Å². The van der Waals surface area contributed by atoms with Gasteiger partial charge in [0, 0.05) is 43.0 Å². The molecule has 0 amide bonds. The number of hydrogen-bond donors (Lipinski definition) is 7. The molecule has 1 aliphatic carbocycles. The van der Waals surface area contributed by atoms with Gasteiger partial charge in [0.15, 0.2) is 0 Å². The van der Waals surface area contributed by atoms with Crippen LogP contribution in [0.15, 0.2) is 4.99 Å². The number of aliphatic imine (C=N–C) groups is 1. The zero-order valence-corrected chi connectivity index (χ0v) is 24.9. The summed E-state index contributed by atoms with van der Waals surface area (Å²) >= 11 is 0. The van der Waals surface area contributed by atoms with E-state index in [4.69, 9.17) is 5.73 Å². The molecule has 7 unspecified atom stereocenters. The first-order valence-corrected chi connectivity index (χ1v) is 15.9. The van der Waals surface area contributed by atoms with Gasteiger partial charge < -0.3 is 37.0 Å². The number of β-amino-alcohol motifs (C(OH)–C–C–N with tert-alkyl or cyclic N) is 1. The van der Waals surface area contributed by atoms with E-state index < -0.39 is 11.6 Å². The number of rotatable bonds is 13. The van der Waals surface area contributed by atoms with Crippen molar-refractivity contribution in [2.24, 2.45) is 22.6 Å². The molecule has 7 atom stereocenters. The summed E-state index contributed by atoms with van der Waals surface area (Å²) in [7, 11) is 0. The van der Waals surface area contributed by atoms with Crippen LogP contribution in [-0.4, -0.2) is 100 Å². The van der Waals surface area contributed by atoms with Crippen molar-refractivity contribution in [1.29, 1.82) is 0 Å². The zero-order chi connectivity index (χ0) is 28.8. The van der Waals surface area contributed by atoms with Gasteiger partial charge in [0.2, 0.25) is 0 Å². The largest absolute Gasteiger partial charge is 0.481 e. The molecule has 0 aromatic heterocycles. The maximum absolute atomic E-state index is 11.5. The molecule has 3 heterocycles. The number of carbonyl (C=O) groups is 1. The fraction of sp³-hybridized carbons (Fsp3) is 0.933. The molecule has 10 heteroatoms. The van der Waals surface area contributed by atoms with Gasteiger partial charge in [-0.3, -0.25) is 14.7 Å². The summed E-state index contributed by atoms with van der Waals surface area (Å²) in [5.41, 5.74) is 4.64. The molecule has 230 valence electrons. The van der Waals surface area contributed by atoms with Gasteiger partial charge in [0.05, 0.1) is 31.0 Å². The maximum Gasteiger partial charge on any atom is 0.306 e. The minimum atomic E-state index is -1.24. The number of nitrogens with two attached hydrogens (primary N) is 1. The zero-order valence-electron chi connectivity index (χ0n) is 24.9. The van der Waals surface area contributed by atoms with Crippen molar-refractivity contribution in [2.45, 2.75) is 139 Å². The average molecular weight is 565 g/mol. The second kappa shape index (κ2) is 14.4. The molecule has 0 bridgehead atoms. The second-order valence-corrected chi connectivity index (χ2v) is 13.7. The molecule has 0 radical (unpaired) electrons. The molecule has 0 aromatic carbocycles. The lowest BCUT2D eigenvalue weighted by molar-refractivity contribution is -0.143. The van der Waals surface area contributed by atoms with Crippen LogP contribution < -0.4 is 21.7 Å². The molecular formula is C30H56N6O4. The molecule has 0 aromatic rings. The quantitative estimate of drug-likeness (QED) is 0.166. The molecule has 4 aliphatic rings. The standard InChI is InChI=1S/C30H56N6O4/c1-21-25(37)16-24(36-15-14-32-20-36)28(35-21)23-9-7-22(8-10-23)6-4-3-5-11-30(40,18-27(38)39)19-34-29(2)12-13-33-26(31)17-29/h14,21-26,28,33-35,37,40H,3-13,15-20,31H2,1-2H3,(H,38,39). The van der Waals surface area contributed by atoms with Gasteiger partial charge in [-0.25, -0.2) is 0 Å². The highest BCUT2D eigenvalue weighted by Gasteiger charge is 2.42. The van der Waals surface area contributed by atoms with Crippen molar-refractivity contribution in [3.8, 4) is 0 Å². The molecule has 2 saturated heterocycles. The highest BCUT2D eigenvalue weighted by atomic mass is 16.4. The Balaban J connectivity index is 1.17. The van der Waals surface area contributed by atoms with Gasteiger partial charge in [-0.1, -0.05) is 38.5 Å². The Morgan fingerprint density at radius 1 is 1.25 bits per heavy atom. The Morgan fingerprint density at radius 2 is 2.02 bits per heavy atom. The van der Waals surface area contributed by atoms with E-state index in [1.807, 2.05) is 6.21 Å². The fourth-order valence-electron chi connectivity index (χ4n) is 7.73. The Hall–Kier alpha value is -1.14. The minimum Gasteiger partial charge on any atom is -0.481 e. The predicted molar refractivity (Wildman–Crippen MR) is 158 cm³/mol. The van der Waals surface area contributed by atoms with Gasteiger partial charge >= 0.3 is 5.97 Å². The first-order chi connectivity index (χ1) is 19.1. The van der Waals surface area contributed by atoms with Gasteiger partial charge in [0.25, 0.3) is 0 Å². The van der Waals surface area contributed by atoms with E-state index in [-0.39, 0.29) is 36.8 Å². The highest BCUT2D eigenvalue weighted by Crippen LogP contribution is 2.37. The Morgan fingerprint density at radius 3 is 2.70 bits per heavy atom. The number of hydrogen-bond acceptors (Lipinski definition) is 9. The van der Waals surface area contributed by atoms with E-state index in [1.165, 1.54) is 32.1 Å². The lowest BCUT2D eigenvalue weighted by Gasteiger charge is -2.47. The minimum absolute atomic E-state index is 0.0784. The molecule has 0 spiro atoms. The van der Waals surface area contributed by atoms with Crippen molar-refractivity contribution in [2.75, 3.05) is 26.3 Å². The van der Waals surface area contributed by atoms with E-state index in [2.05, 4.69) is 39.7 Å². The van der Waals surface area contributed by atoms with Gasteiger partial charge in [-0.2, -0.15) is 0 Å². The molecule has 1 saturated carbocycles. The third-order valence-electron chi connectivity index (χ3n) is 10.3. The van der Waals surface area contributed by atoms with Crippen LogP contribution in [0, 0.1) is 11.8 Å². The van der Waals surface area contributed by atoms with Gasteiger partial charge in [-0.15, -0.1) is 0 Å². The van der Waals surface area contributed by atoms with Crippen LogP contribution >= 0.6 is 0 Å². The van der Waals surface area contributed by atoms with E-state index in [0.29, 0.717) is 24.4 Å².